The third kappa shape index (κ3) is 3.57. The molecule has 0 bridgehead atoms. The fourth-order valence-corrected chi connectivity index (χ4v) is 1.57. The van der Waals surface area contributed by atoms with Gasteiger partial charge in [-0.05, 0) is 24.3 Å². The Hall–Kier alpha value is -0.0400. The van der Waals surface area contributed by atoms with Crippen molar-refractivity contribution >= 4 is 0 Å². The largest absolute Gasteiger partial charge is 0.330 e. The van der Waals surface area contributed by atoms with Crippen LogP contribution < -0.4 is 5.73 Å². The predicted molar refractivity (Wildman–Crippen MR) is 56.1 cm³/mol. The summed E-state index contributed by atoms with van der Waals surface area (Å²) in [6, 6.07) is 0. The van der Waals surface area contributed by atoms with Crippen molar-refractivity contribution in [2.24, 2.45) is 17.1 Å². The molecule has 0 amide bonds. The molecule has 0 rings (SSSR count). The van der Waals surface area contributed by atoms with Gasteiger partial charge in [0.1, 0.15) is 0 Å². The Morgan fingerprint density at radius 1 is 1.25 bits per heavy atom. The number of hydrogen-bond acceptors (Lipinski definition) is 1. The average Bonchev–Trinajstić information content (AvgIpc) is 2.05. The highest BCUT2D eigenvalue weighted by molar-refractivity contribution is 4.77. The zero-order chi connectivity index (χ0) is 9.61. The van der Waals surface area contributed by atoms with E-state index in [4.69, 9.17) is 5.73 Å². The minimum atomic E-state index is 0.434. The molecule has 74 valence electrons. The van der Waals surface area contributed by atoms with Crippen molar-refractivity contribution in [3.8, 4) is 0 Å². The van der Waals surface area contributed by atoms with E-state index in [1.54, 1.807) is 0 Å². The monoisotopic (exact) mass is 171 g/mol. The van der Waals surface area contributed by atoms with Gasteiger partial charge in [-0.1, -0.05) is 47.0 Å². The average molecular weight is 171 g/mol. The Morgan fingerprint density at radius 3 is 2.17 bits per heavy atom. The fourth-order valence-electron chi connectivity index (χ4n) is 1.57. The lowest BCUT2D eigenvalue weighted by molar-refractivity contribution is 0.194. The van der Waals surface area contributed by atoms with Crippen molar-refractivity contribution in [1.82, 2.24) is 0 Å². The van der Waals surface area contributed by atoms with Crippen LogP contribution in [0.15, 0.2) is 0 Å². The highest BCUT2D eigenvalue weighted by Gasteiger charge is 2.25. The first-order valence-electron chi connectivity index (χ1n) is 5.28. The summed E-state index contributed by atoms with van der Waals surface area (Å²) in [5.41, 5.74) is 6.21. The van der Waals surface area contributed by atoms with Crippen LogP contribution in [0.1, 0.15) is 53.4 Å². The van der Waals surface area contributed by atoms with Crippen LogP contribution in [0.2, 0.25) is 0 Å². The molecule has 12 heavy (non-hydrogen) atoms. The second kappa shape index (κ2) is 5.58. The Kier molecular flexibility index (Phi) is 5.56. The lowest BCUT2D eigenvalue weighted by Gasteiger charge is -2.32. The summed E-state index contributed by atoms with van der Waals surface area (Å²) >= 11 is 0. The van der Waals surface area contributed by atoms with Gasteiger partial charge in [0.25, 0.3) is 0 Å². The fraction of sp³-hybridized carbons (Fsp3) is 1.00. The summed E-state index contributed by atoms with van der Waals surface area (Å²) in [6.07, 6.45) is 5.15. The van der Waals surface area contributed by atoms with E-state index < -0.39 is 0 Å². The zero-order valence-corrected chi connectivity index (χ0v) is 9.19. The standard InChI is InChI=1S/C11H25N/c1-5-7-8-10(9-12)11(3,4)6-2/h10H,5-9,12H2,1-4H3. The summed E-state index contributed by atoms with van der Waals surface area (Å²) in [5, 5.41) is 0. The smallest absolute Gasteiger partial charge is 0.00438 e. The van der Waals surface area contributed by atoms with E-state index in [2.05, 4.69) is 27.7 Å². The van der Waals surface area contributed by atoms with Gasteiger partial charge in [-0.25, -0.2) is 0 Å². The molecule has 0 radical (unpaired) electrons. The quantitative estimate of drug-likeness (QED) is 0.652. The van der Waals surface area contributed by atoms with E-state index in [0.29, 0.717) is 11.3 Å². The Bertz CT molecular complexity index is 108. The first-order valence-corrected chi connectivity index (χ1v) is 5.28. The lowest BCUT2D eigenvalue weighted by atomic mass is 9.74. The summed E-state index contributed by atoms with van der Waals surface area (Å²) in [4.78, 5) is 0. The van der Waals surface area contributed by atoms with Crippen LogP contribution in [-0.4, -0.2) is 6.54 Å². The second-order valence-corrected chi connectivity index (χ2v) is 4.42. The van der Waals surface area contributed by atoms with E-state index >= 15 is 0 Å². The summed E-state index contributed by atoms with van der Waals surface area (Å²) in [7, 11) is 0. The van der Waals surface area contributed by atoms with E-state index in [9.17, 15) is 0 Å². The van der Waals surface area contributed by atoms with Crippen molar-refractivity contribution in [2.45, 2.75) is 53.4 Å². The zero-order valence-electron chi connectivity index (χ0n) is 9.19. The van der Waals surface area contributed by atoms with Gasteiger partial charge < -0.3 is 5.73 Å². The van der Waals surface area contributed by atoms with Crippen molar-refractivity contribution in [1.29, 1.82) is 0 Å². The number of unbranched alkanes of at least 4 members (excludes halogenated alkanes) is 1. The second-order valence-electron chi connectivity index (χ2n) is 4.42. The molecule has 0 saturated carbocycles. The molecule has 0 aliphatic rings. The normalized spacial score (nSPS) is 14.8. The van der Waals surface area contributed by atoms with Gasteiger partial charge in [-0.2, -0.15) is 0 Å². The molecule has 2 N–H and O–H groups in total. The molecule has 1 atom stereocenters. The Balaban J connectivity index is 3.95. The lowest BCUT2D eigenvalue weighted by Crippen LogP contribution is -2.30. The van der Waals surface area contributed by atoms with Crippen LogP contribution in [0, 0.1) is 11.3 Å². The molecule has 0 saturated heterocycles. The van der Waals surface area contributed by atoms with Crippen LogP contribution in [0.25, 0.3) is 0 Å². The van der Waals surface area contributed by atoms with Gasteiger partial charge in [-0.3, -0.25) is 0 Å². The molecule has 1 unspecified atom stereocenters. The van der Waals surface area contributed by atoms with Crippen molar-refractivity contribution < 1.29 is 0 Å². The van der Waals surface area contributed by atoms with E-state index in [1.165, 1.54) is 25.7 Å². The van der Waals surface area contributed by atoms with Gasteiger partial charge in [0, 0.05) is 0 Å². The molecule has 0 spiro atoms. The Labute approximate surface area is 77.7 Å². The Morgan fingerprint density at radius 2 is 1.83 bits per heavy atom. The molecular formula is C11H25N. The highest BCUT2D eigenvalue weighted by Crippen LogP contribution is 2.33. The SMILES string of the molecule is CCCCC(CN)C(C)(C)CC. The van der Waals surface area contributed by atoms with Crippen molar-refractivity contribution in [3.05, 3.63) is 0 Å². The minimum absolute atomic E-state index is 0.434. The first kappa shape index (κ1) is 12.0. The van der Waals surface area contributed by atoms with Crippen LogP contribution in [0.4, 0.5) is 0 Å². The van der Waals surface area contributed by atoms with Gasteiger partial charge in [0.05, 0.1) is 0 Å². The highest BCUT2D eigenvalue weighted by atomic mass is 14.6. The molecule has 1 nitrogen and oxygen atoms in total. The maximum atomic E-state index is 5.78. The van der Waals surface area contributed by atoms with E-state index in [-0.39, 0.29) is 0 Å². The molecule has 0 fully saturated rings. The van der Waals surface area contributed by atoms with E-state index in [1.807, 2.05) is 0 Å². The maximum absolute atomic E-state index is 5.78. The topological polar surface area (TPSA) is 26.0 Å². The summed E-state index contributed by atoms with van der Waals surface area (Å²) in [6.45, 7) is 10.0. The molecular weight excluding hydrogens is 146 g/mol. The van der Waals surface area contributed by atoms with Crippen molar-refractivity contribution in [2.75, 3.05) is 6.54 Å². The third-order valence-electron chi connectivity index (χ3n) is 3.21. The third-order valence-corrected chi connectivity index (χ3v) is 3.21. The van der Waals surface area contributed by atoms with Gasteiger partial charge >= 0.3 is 0 Å². The molecule has 1 heteroatoms. The van der Waals surface area contributed by atoms with Crippen LogP contribution >= 0.6 is 0 Å². The van der Waals surface area contributed by atoms with E-state index in [0.717, 1.165) is 6.54 Å². The molecule has 0 aromatic heterocycles. The maximum Gasteiger partial charge on any atom is -0.00438 e. The summed E-state index contributed by atoms with van der Waals surface area (Å²) < 4.78 is 0. The predicted octanol–water partition coefficient (Wildman–Crippen LogP) is 3.19. The number of rotatable bonds is 6. The van der Waals surface area contributed by atoms with Gasteiger partial charge in [0.15, 0.2) is 0 Å². The molecule has 0 aliphatic heterocycles. The van der Waals surface area contributed by atoms with Gasteiger partial charge in [0.2, 0.25) is 0 Å². The van der Waals surface area contributed by atoms with Crippen LogP contribution in [0.5, 0.6) is 0 Å². The molecule has 0 aromatic rings. The van der Waals surface area contributed by atoms with Crippen LogP contribution in [-0.2, 0) is 0 Å². The number of hydrogen-bond donors (Lipinski definition) is 1. The van der Waals surface area contributed by atoms with Crippen LogP contribution in [0.3, 0.4) is 0 Å². The van der Waals surface area contributed by atoms with Gasteiger partial charge in [-0.15, -0.1) is 0 Å². The minimum Gasteiger partial charge on any atom is -0.330 e. The number of nitrogens with two attached hydrogens (primary N) is 1. The molecule has 0 heterocycles. The van der Waals surface area contributed by atoms with Crippen molar-refractivity contribution in [3.63, 3.8) is 0 Å². The molecule has 0 aromatic carbocycles. The molecule has 0 aliphatic carbocycles. The first-order chi connectivity index (χ1) is 5.58. The summed E-state index contributed by atoms with van der Waals surface area (Å²) in [5.74, 6) is 0.711.